The third-order valence-electron chi connectivity index (χ3n) is 1.81. The summed E-state index contributed by atoms with van der Waals surface area (Å²) >= 11 is 3.18. The lowest BCUT2D eigenvalue weighted by Gasteiger charge is -2.09. The molecular formula is C9H13BrN2O3S. The Morgan fingerprint density at radius 1 is 1.56 bits per heavy atom. The Labute approximate surface area is 103 Å². The van der Waals surface area contributed by atoms with Crippen LogP contribution in [0.4, 0.5) is 0 Å². The number of ether oxygens (including phenoxy) is 1. The van der Waals surface area contributed by atoms with Gasteiger partial charge in [0.25, 0.3) is 0 Å². The Balaban J connectivity index is 3.15. The molecule has 1 rings (SSSR count). The molecule has 0 amide bonds. The molecule has 1 aromatic heterocycles. The number of sulfonamides is 1. The van der Waals surface area contributed by atoms with Crippen LogP contribution in [-0.4, -0.2) is 27.1 Å². The first-order chi connectivity index (χ1) is 7.51. The van der Waals surface area contributed by atoms with Crippen molar-refractivity contribution in [3.63, 3.8) is 0 Å². The van der Waals surface area contributed by atoms with Gasteiger partial charge in [0.05, 0.1) is 7.11 Å². The SMILES string of the molecule is CCCNS(=O)(=O)c1cc(Br)cnc1OC. The van der Waals surface area contributed by atoms with E-state index in [2.05, 4.69) is 25.6 Å². The summed E-state index contributed by atoms with van der Waals surface area (Å²) < 4.78 is 31.7. The van der Waals surface area contributed by atoms with Gasteiger partial charge in [0.1, 0.15) is 4.90 Å². The Morgan fingerprint density at radius 3 is 2.81 bits per heavy atom. The number of aromatic nitrogens is 1. The van der Waals surface area contributed by atoms with E-state index in [0.29, 0.717) is 11.0 Å². The fourth-order valence-corrected chi connectivity index (χ4v) is 2.83. The predicted octanol–water partition coefficient (Wildman–Crippen LogP) is 1.54. The Kier molecular flexibility index (Phi) is 4.69. The van der Waals surface area contributed by atoms with Crippen molar-refractivity contribution in [2.75, 3.05) is 13.7 Å². The van der Waals surface area contributed by atoms with Gasteiger partial charge in [0.2, 0.25) is 15.9 Å². The van der Waals surface area contributed by atoms with E-state index in [4.69, 9.17) is 4.74 Å². The molecule has 7 heteroatoms. The van der Waals surface area contributed by atoms with E-state index in [9.17, 15) is 8.42 Å². The van der Waals surface area contributed by atoms with Crippen LogP contribution >= 0.6 is 15.9 Å². The zero-order chi connectivity index (χ0) is 12.2. The van der Waals surface area contributed by atoms with Crippen molar-refractivity contribution in [3.05, 3.63) is 16.7 Å². The van der Waals surface area contributed by atoms with Gasteiger partial charge in [-0.3, -0.25) is 0 Å². The molecule has 0 spiro atoms. The highest BCUT2D eigenvalue weighted by Crippen LogP contribution is 2.24. The van der Waals surface area contributed by atoms with Crippen molar-refractivity contribution in [1.29, 1.82) is 0 Å². The molecule has 0 aromatic carbocycles. The van der Waals surface area contributed by atoms with E-state index < -0.39 is 10.0 Å². The smallest absolute Gasteiger partial charge is 0.245 e. The highest BCUT2D eigenvalue weighted by atomic mass is 79.9. The van der Waals surface area contributed by atoms with Gasteiger partial charge in [-0.15, -0.1) is 0 Å². The fraction of sp³-hybridized carbons (Fsp3) is 0.444. The zero-order valence-electron chi connectivity index (χ0n) is 9.03. The summed E-state index contributed by atoms with van der Waals surface area (Å²) in [7, 11) is -2.17. The lowest BCUT2D eigenvalue weighted by molar-refractivity contribution is 0.384. The van der Waals surface area contributed by atoms with Crippen LogP contribution in [0.1, 0.15) is 13.3 Å². The van der Waals surface area contributed by atoms with Crippen LogP contribution in [0.25, 0.3) is 0 Å². The lowest BCUT2D eigenvalue weighted by Crippen LogP contribution is -2.25. The summed E-state index contributed by atoms with van der Waals surface area (Å²) in [5.41, 5.74) is 0. The van der Waals surface area contributed by atoms with Gasteiger partial charge < -0.3 is 4.74 Å². The molecule has 0 saturated heterocycles. The average Bonchev–Trinajstić information content (AvgIpc) is 2.26. The number of methoxy groups -OCH3 is 1. The first-order valence-electron chi connectivity index (χ1n) is 4.70. The average molecular weight is 309 g/mol. The monoisotopic (exact) mass is 308 g/mol. The fourth-order valence-electron chi connectivity index (χ4n) is 1.07. The zero-order valence-corrected chi connectivity index (χ0v) is 11.4. The molecule has 5 nitrogen and oxygen atoms in total. The van der Waals surface area contributed by atoms with Gasteiger partial charge in [0, 0.05) is 17.2 Å². The van der Waals surface area contributed by atoms with Gasteiger partial charge in [-0.1, -0.05) is 6.92 Å². The first kappa shape index (κ1) is 13.4. The van der Waals surface area contributed by atoms with Crippen LogP contribution in [0.3, 0.4) is 0 Å². The van der Waals surface area contributed by atoms with E-state index in [-0.39, 0.29) is 10.8 Å². The van der Waals surface area contributed by atoms with Gasteiger partial charge in [-0.2, -0.15) is 0 Å². The maximum Gasteiger partial charge on any atom is 0.245 e. The highest BCUT2D eigenvalue weighted by Gasteiger charge is 2.20. The number of nitrogens with zero attached hydrogens (tertiary/aromatic N) is 1. The second kappa shape index (κ2) is 5.60. The quantitative estimate of drug-likeness (QED) is 0.896. The number of pyridine rings is 1. The predicted molar refractivity (Wildman–Crippen MR) is 64.0 cm³/mol. The first-order valence-corrected chi connectivity index (χ1v) is 6.98. The molecule has 0 aliphatic rings. The van der Waals surface area contributed by atoms with Crippen LogP contribution in [0, 0.1) is 0 Å². The Morgan fingerprint density at radius 2 is 2.25 bits per heavy atom. The third-order valence-corrected chi connectivity index (χ3v) is 3.70. The molecule has 0 atom stereocenters. The normalized spacial score (nSPS) is 11.4. The summed E-state index contributed by atoms with van der Waals surface area (Å²) in [4.78, 5) is 3.92. The lowest BCUT2D eigenvalue weighted by atomic mass is 10.5. The maximum absolute atomic E-state index is 11.9. The second-order valence-electron chi connectivity index (χ2n) is 3.06. The second-order valence-corrected chi connectivity index (χ2v) is 5.71. The van der Waals surface area contributed by atoms with Gasteiger partial charge >= 0.3 is 0 Å². The molecule has 0 aliphatic heterocycles. The summed E-state index contributed by atoms with van der Waals surface area (Å²) in [6.45, 7) is 2.27. The number of hydrogen-bond donors (Lipinski definition) is 1. The van der Waals surface area contributed by atoms with Crippen molar-refractivity contribution in [2.24, 2.45) is 0 Å². The van der Waals surface area contributed by atoms with Crippen LogP contribution in [-0.2, 0) is 10.0 Å². The molecule has 1 N–H and O–H groups in total. The number of rotatable bonds is 5. The number of halogens is 1. The van der Waals surface area contributed by atoms with E-state index in [1.165, 1.54) is 19.4 Å². The Bertz CT molecular complexity index is 462. The van der Waals surface area contributed by atoms with Crippen molar-refractivity contribution < 1.29 is 13.2 Å². The van der Waals surface area contributed by atoms with Crippen LogP contribution in [0.5, 0.6) is 5.88 Å². The van der Waals surface area contributed by atoms with Crippen molar-refractivity contribution in [3.8, 4) is 5.88 Å². The highest BCUT2D eigenvalue weighted by molar-refractivity contribution is 9.10. The largest absolute Gasteiger partial charge is 0.480 e. The molecule has 0 aliphatic carbocycles. The van der Waals surface area contributed by atoms with Crippen molar-refractivity contribution in [1.82, 2.24) is 9.71 Å². The van der Waals surface area contributed by atoms with Crippen LogP contribution in [0.15, 0.2) is 21.6 Å². The summed E-state index contributed by atoms with van der Waals surface area (Å²) in [6.07, 6.45) is 2.21. The van der Waals surface area contributed by atoms with Gasteiger partial charge in [-0.25, -0.2) is 18.1 Å². The molecule has 16 heavy (non-hydrogen) atoms. The van der Waals surface area contributed by atoms with E-state index in [1.54, 1.807) is 0 Å². The van der Waals surface area contributed by atoms with E-state index >= 15 is 0 Å². The summed E-state index contributed by atoms with van der Waals surface area (Å²) in [5, 5.41) is 0. The van der Waals surface area contributed by atoms with Crippen LogP contribution < -0.4 is 9.46 Å². The van der Waals surface area contributed by atoms with E-state index in [1.807, 2.05) is 6.92 Å². The molecule has 0 fully saturated rings. The molecular weight excluding hydrogens is 296 g/mol. The van der Waals surface area contributed by atoms with Crippen molar-refractivity contribution in [2.45, 2.75) is 18.2 Å². The minimum atomic E-state index is -3.56. The van der Waals surface area contributed by atoms with Crippen molar-refractivity contribution >= 4 is 26.0 Å². The molecule has 0 bridgehead atoms. The molecule has 1 aromatic rings. The molecule has 1 heterocycles. The van der Waals surface area contributed by atoms with Gasteiger partial charge in [0.15, 0.2) is 0 Å². The summed E-state index contributed by atoms with van der Waals surface area (Å²) in [5.74, 6) is 0.0896. The van der Waals surface area contributed by atoms with Crippen LogP contribution in [0.2, 0.25) is 0 Å². The minimum Gasteiger partial charge on any atom is -0.480 e. The number of nitrogens with one attached hydrogen (secondary N) is 1. The molecule has 90 valence electrons. The molecule has 0 radical (unpaired) electrons. The molecule has 0 saturated carbocycles. The topological polar surface area (TPSA) is 68.3 Å². The third kappa shape index (κ3) is 3.16. The minimum absolute atomic E-state index is 0.0397. The van der Waals surface area contributed by atoms with E-state index in [0.717, 1.165) is 6.42 Å². The molecule has 0 unspecified atom stereocenters. The number of hydrogen-bond acceptors (Lipinski definition) is 4. The van der Waals surface area contributed by atoms with Gasteiger partial charge in [-0.05, 0) is 28.4 Å². The Hall–Kier alpha value is -0.660. The summed E-state index contributed by atoms with van der Waals surface area (Å²) in [6, 6.07) is 1.46. The maximum atomic E-state index is 11.9. The standard InChI is InChI=1S/C9H13BrN2O3S/c1-3-4-12-16(13,14)8-5-7(10)6-11-9(8)15-2/h5-6,12H,3-4H2,1-2H3.